The third kappa shape index (κ3) is 4.46. The molecule has 0 radical (unpaired) electrons. The number of nitrogens with two attached hydrogens (primary N) is 1. The fraction of sp³-hybridized carbons (Fsp3) is 0.933. The Hall–Kier alpha value is -0.610. The molecule has 0 aromatic carbocycles. The molecule has 4 heteroatoms. The van der Waals surface area contributed by atoms with Crippen molar-refractivity contribution in [2.75, 3.05) is 19.7 Å². The second-order valence-corrected chi connectivity index (χ2v) is 6.23. The third-order valence-electron chi connectivity index (χ3n) is 4.68. The van der Waals surface area contributed by atoms with E-state index in [2.05, 4.69) is 5.32 Å². The van der Waals surface area contributed by atoms with E-state index in [1.807, 2.05) is 0 Å². The maximum atomic E-state index is 12.1. The van der Waals surface area contributed by atoms with E-state index in [0.29, 0.717) is 19.5 Å². The lowest BCUT2D eigenvalue weighted by molar-refractivity contribution is -0.124. The van der Waals surface area contributed by atoms with E-state index >= 15 is 0 Å². The molecule has 3 N–H and O–H groups in total. The largest absolute Gasteiger partial charge is 0.376 e. The van der Waals surface area contributed by atoms with Gasteiger partial charge in [-0.25, -0.2) is 0 Å². The Morgan fingerprint density at radius 2 is 2.00 bits per heavy atom. The molecule has 19 heavy (non-hydrogen) atoms. The highest BCUT2D eigenvalue weighted by molar-refractivity contribution is 5.76. The van der Waals surface area contributed by atoms with Gasteiger partial charge >= 0.3 is 0 Å². The monoisotopic (exact) mass is 268 g/mol. The van der Waals surface area contributed by atoms with Gasteiger partial charge in [-0.1, -0.05) is 19.3 Å². The quantitative estimate of drug-likeness (QED) is 0.801. The molecule has 1 aliphatic heterocycles. The molecule has 1 unspecified atom stereocenters. The zero-order valence-corrected chi connectivity index (χ0v) is 12.0. The van der Waals surface area contributed by atoms with Crippen LogP contribution < -0.4 is 11.1 Å². The number of hydrogen-bond acceptors (Lipinski definition) is 3. The number of ether oxygens (including phenoxy) is 1. The van der Waals surface area contributed by atoms with Gasteiger partial charge in [0.1, 0.15) is 0 Å². The van der Waals surface area contributed by atoms with Crippen molar-refractivity contribution in [1.29, 1.82) is 0 Å². The van der Waals surface area contributed by atoms with E-state index in [1.54, 1.807) is 0 Å². The van der Waals surface area contributed by atoms with E-state index < -0.39 is 0 Å². The summed E-state index contributed by atoms with van der Waals surface area (Å²) in [5.74, 6) is 0.154. The summed E-state index contributed by atoms with van der Waals surface area (Å²) in [6, 6.07) is 0. The molecule has 1 atom stereocenters. The Bertz CT molecular complexity index is 282. The summed E-state index contributed by atoms with van der Waals surface area (Å²) in [5, 5.41) is 3.04. The minimum absolute atomic E-state index is 0.0652. The number of nitrogens with one attached hydrogen (secondary N) is 1. The first-order valence-electron chi connectivity index (χ1n) is 7.82. The maximum Gasteiger partial charge on any atom is 0.220 e. The lowest BCUT2D eigenvalue weighted by Gasteiger charge is -2.35. The average molecular weight is 268 g/mol. The zero-order chi connectivity index (χ0) is 13.6. The van der Waals surface area contributed by atoms with E-state index in [1.165, 1.54) is 25.7 Å². The van der Waals surface area contributed by atoms with Gasteiger partial charge in [-0.2, -0.15) is 0 Å². The van der Waals surface area contributed by atoms with Gasteiger partial charge in [0.2, 0.25) is 5.91 Å². The molecule has 2 fully saturated rings. The van der Waals surface area contributed by atoms with Crippen molar-refractivity contribution in [1.82, 2.24) is 5.32 Å². The van der Waals surface area contributed by atoms with Gasteiger partial charge in [-0.05, 0) is 44.1 Å². The SMILES string of the molecule is NCC1(CC(=O)NCC2CCCCO2)CCCCC1. The molecule has 1 amide bonds. The fourth-order valence-electron chi connectivity index (χ4n) is 3.35. The van der Waals surface area contributed by atoms with Crippen molar-refractivity contribution >= 4 is 5.91 Å². The summed E-state index contributed by atoms with van der Waals surface area (Å²) >= 11 is 0. The second kappa shape index (κ2) is 7.25. The maximum absolute atomic E-state index is 12.1. The topological polar surface area (TPSA) is 64.4 Å². The highest BCUT2D eigenvalue weighted by Gasteiger charge is 2.33. The standard InChI is InChI=1S/C15H28N2O2/c16-12-15(7-3-1-4-8-15)10-14(18)17-11-13-6-2-5-9-19-13/h13H,1-12,16H2,(H,17,18). The van der Waals surface area contributed by atoms with Crippen molar-refractivity contribution in [3.8, 4) is 0 Å². The van der Waals surface area contributed by atoms with E-state index in [9.17, 15) is 4.79 Å². The highest BCUT2D eigenvalue weighted by atomic mass is 16.5. The van der Waals surface area contributed by atoms with Crippen LogP contribution in [0.3, 0.4) is 0 Å². The Morgan fingerprint density at radius 1 is 1.21 bits per heavy atom. The number of carbonyl (C=O) groups is 1. The summed E-state index contributed by atoms with van der Waals surface area (Å²) in [4.78, 5) is 12.1. The fourth-order valence-corrected chi connectivity index (χ4v) is 3.35. The number of rotatable bonds is 5. The molecule has 1 aliphatic carbocycles. The van der Waals surface area contributed by atoms with Gasteiger partial charge in [0.05, 0.1) is 6.10 Å². The smallest absolute Gasteiger partial charge is 0.220 e. The Morgan fingerprint density at radius 3 is 2.63 bits per heavy atom. The summed E-state index contributed by atoms with van der Waals surface area (Å²) in [5.41, 5.74) is 5.99. The van der Waals surface area contributed by atoms with Gasteiger partial charge in [-0.3, -0.25) is 4.79 Å². The Labute approximate surface area is 116 Å². The van der Waals surface area contributed by atoms with Crippen molar-refractivity contribution < 1.29 is 9.53 Å². The van der Waals surface area contributed by atoms with Crippen LogP contribution in [0.5, 0.6) is 0 Å². The predicted molar refractivity (Wildman–Crippen MR) is 75.8 cm³/mol. The van der Waals surface area contributed by atoms with Crippen LogP contribution in [-0.2, 0) is 9.53 Å². The van der Waals surface area contributed by atoms with E-state index in [0.717, 1.165) is 32.3 Å². The molecule has 110 valence electrons. The number of hydrogen-bond donors (Lipinski definition) is 2. The van der Waals surface area contributed by atoms with Gasteiger partial charge in [-0.15, -0.1) is 0 Å². The molecule has 2 rings (SSSR count). The van der Waals surface area contributed by atoms with Crippen LogP contribution >= 0.6 is 0 Å². The average Bonchev–Trinajstić information content (AvgIpc) is 2.47. The predicted octanol–water partition coefficient (Wildman–Crippen LogP) is 1.97. The molecule has 1 heterocycles. The Balaban J connectivity index is 1.72. The van der Waals surface area contributed by atoms with Crippen LogP contribution in [0, 0.1) is 5.41 Å². The van der Waals surface area contributed by atoms with Crippen molar-refractivity contribution in [2.24, 2.45) is 11.1 Å². The van der Waals surface area contributed by atoms with Gasteiger partial charge in [0.15, 0.2) is 0 Å². The number of carbonyl (C=O) groups excluding carboxylic acids is 1. The molecule has 0 bridgehead atoms. The van der Waals surface area contributed by atoms with Crippen molar-refractivity contribution in [3.63, 3.8) is 0 Å². The molecule has 1 saturated carbocycles. The first kappa shape index (κ1) is 14.8. The minimum Gasteiger partial charge on any atom is -0.376 e. The van der Waals surface area contributed by atoms with Crippen LogP contribution in [0.2, 0.25) is 0 Å². The Kier molecular flexibility index (Phi) is 5.64. The zero-order valence-electron chi connectivity index (χ0n) is 12.0. The number of amides is 1. The molecule has 4 nitrogen and oxygen atoms in total. The molecule has 0 spiro atoms. The molecule has 0 aromatic heterocycles. The lowest BCUT2D eigenvalue weighted by atomic mass is 9.71. The first-order chi connectivity index (χ1) is 9.24. The summed E-state index contributed by atoms with van der Waals surface area (Å²) in [6.45, 7) is 2.15. The minimum atomic E-state index is 0.0652. The first-order valence-corrected chi connectivity index (χ1v) is 7.82. The van der Waals surface area contributed by atoms with Crippen molar-refractivity contribution in [2.45, 2.75) is 63.9 Å². The molecule has 0 aromatic rings. The normalized spacial score (nSPS) is 26.9. The summed E-state index contributed by atoms with van der Waals surface area (Å²) in [6.07, 6.45) is 10.2. The molecular weight excluding hydrogens is 240 g/mol. The molecule has 2 aliphatic rings. The lowest BCUT2D eigenvalue weighted by Crippen LogP contribution is -2.41. The van der Waals surface area contributed by atoms with Crippen molar-refractivity contribution in [3.05, 3.63) is 0 Å². The van der Waals surface area contributed by atoms with Crippen LogP contribution in [0.25, 0.3) is 0 Å². The van der Waals surface area contributed by atoms with Crippen LogP contribution in [-0.4, -0.2) is 31.7 Å². The van der Waals surface area contributed by atoms with Crippen LogP contribution in [0.1, 0.15) is 57.8 Å². The summed E-state index contributed by atoms with van der Waals surface area (Å²) in [7, 11) is 0. The van der Waals surface area contributed by atoms with Crippen LogP contribution in [0.15, 0.2) is 0 Å². The van der Waals surface area contributed by atoms with E-state index in [-0.39, 0.29) is 17.4 Å². The van der Waals surface area contributed by atoms with Gasteiger partial charge in [0, 0.05) is 19.6 Å². The third-order valence-corrected chi connectivity index (χ3v) is 4.68. The van der Waals surface area contributed by atoms with E-state index in [4.69, 9.17) is 10.5 Å². The molecular formula is C15H28N2O2. The van der Waals surface area contributed by atoms with Gasteiger partial charge in [0.25, 0.3) is 0 Å². The van der Waals surface area contributed by atoms with Gasteiger partial charge < -0.3 is 15.8 Å². The molecule has 1 saturated heterocycles. The summed E-state index contributed by atoms with van der Waals surface area (Å²) < 4.78 is 5.63. The highest BCUT2D eigenvalue weighted by Crippen LogP contribution is 2.38. The van der Waals surface area contributed by atoms with Crippen LogP contribution in [0.4, 0.5) is 0 Å². The second-order valence-electron chi connectivity index (χ2n) is 6.23.